The maximum absolute atomic E-state index is 13.0. The molecule has 0 unspecified atom stereocenters. The summed E-state index contributed by atoms with van der Waals surface area (Å²) >= 11 is 5.84. The van der Waals surface area contributed by atoms with Gasteiger partial charge in [-0.1, -0.05) is 11.6 Å². The molecule has 6 nitrogen and oxygen atoms in total. The fourth-order valence-corrected chi connectivity index (χ4v) is 4.00. The number of anilines is 1. The van der Waals surface area contributed by atoms with Crippen molar-refractivity contribution in [2.75, 3.05) is 17.5 Å². The first-order chi connectivity index (χ1) is 12.3. The molecule has 0 aliphatic rings. The lowest BCUT2D eigenvalue weighted by atomic mass is 10.2. The van der Waals surface area contributed by atoms with Gasteiger partial charge in [0.15, 0.2) is 0 Å². The standard InChI is InChI=1S/C18H20ClNO5S/c1-2-25-16-9-7-15(8-10-16)20(13-3-4-18(21)22)26(23,24)17-11-5-14(19)6-12-17/h5-12H,2-4,13H2,1H3,(H,21,22). The molecule has 0 atom stereocenters. The first kappa shape index (κ1) is 20.1. The minimum absolute atomic E-state index is 0.0469. The van der Waals surface area contributed by atoms with Crippen molar-refractivity contribution in [3.63, 3.8) is 0 Å². The molecule has 2 aromatic carbocycles. The Balaban J connectivity index is 2.35. The molecule has 0 aromatic heterocycles. The Kier molecular flexibility index (Phi) is 6.88. The Morgan fingerprint density at radius 1 is 1.12 bits per heavy atom. The van der Waals surface area contributed by atoms with Crippen LogP contribution in [0.2, 0.25) is 5.02 Å². The lowest BCUT2D eigenvalue weighted by Gasteiger charge is -2.24. The van der Waals surface area contributed by atoms with E-state index >= 15 is 0 Å². The summed E-state index contributed by atoms with van der Waals surface area (Å²) in [5, 5.41) is 9.28. The van der Waals surface area contributed by atoms with Gasteiger partial charge in [0.2, 0.25) is 0 Å². The van der Waals surface area contributed by atoms with E-state index in [-0.39, 0.29) is 24.3 Å². The van der Waals surface area contributed by atoms with Crippen LogP contribution in [0.15, 0.2) is 53.4 Å². The lowest BCUT2D eigenvalue weighted by Crippen LogP contribution is -2.32. The minimum Gasteiger partial charge on any atom is -0.494 e. The van der Waals surface area contributed by atoms with Crippen LogP contribution in [0.5, 0.6) is 5.75 Å². The van der Waals surface area contributed by atoms with Gasteiger partial charge in [0.05, 0.1) is 17.2 Å². The van der Waals surface area contributed by atoms with Crippen molar-refractivity contribution in [1.29, 1.82) is 0 Å². The first-order valence-corrected chi connectivity index (χ1v) is 9.89. The van der Waals surface area contributed by atoms with Crippen molar-refractivity contribution in [3.8, 4) is 5.75 Å². The molecule has 2 aromatic rings. The maximum Gasteiger partial charge on any atom is 0.303 e. The van der Waals surface area contributed by atoms with Crippen molar-refractivity contribution >= 4 is 33.3 Å². The Bertz CT molecular complexity index is 835. The van der Waals surface area contributed by atoms with Crippen molar-refractivity contribution in [1.82, 2.24) is 0 Å². The van der Waals surface area contributed by atoms with Gasteiger partial charge in [-0.25, -0.2) is 8.42 Å². The molecule has 0 fully saturated rings. The Morgan fingerprint density at radius 3 is 2.27 bits per heavy atom. The highest BCUT2D eigenvalue weighted by molar-refractivity contribution is 7.92. The molecule has 0 heterocycles. The lowest BCUT2D eigenvalue weighted by molar-refractivity contribution is -0.137. The third-order valence-electron chi connectivity index (χ3n) is 3.59. The number of hydrogen-bond acceptors (Lipinski definition) is 4. The van der Waals surface area contributed by atoms with Gasteiger partial charge in [0, 0.05) is 18.0 Å². The number of carboxylic acids is 1. The third kappa shape index (κ3) is 5.12. The normalized spacial score (nSPS) is 11.2. The third-order valence-corrected chi connectivity index (χ3v) is 5.68. The van der Waals surface area contributed by atoms with E-state index in [0.717, 1.165) is 0 Å². The van der Waals surface area contributed by atoms with Gasteiger partial charge >= 0.3 is 5.97 Å². The second kappa shape index (κ2) is 8.91. The zero-order chi connectivity index (χ0) is 19.2. The average Bonchev–Trinajstić information content (AvgIpc) is 2.60. The number of nitrogens with zero attached hydrogens (tertiary/aromatic N) is 1. The van der Waals surface area contributed by atoms with Crippen molar-refractivity contribution < 1.29 is 23.1 Å². The molecule has 0 spiro atoms. The van der Waals surface area contributed by atoms with Crippen LogP contribution in [0.1, 0.15) is 19.8 Å². The van der Waals surface area contributed by atoms with E-state index in [1.807, 2.05) is 6.92 Å². The smallest absolute Gasteiger partial charge is 0.303 e. The second-order valence-corrected chi connectivity index (χ2v) is 7.75. The molecule has 0 amide bonds. The zero-order valence-corrected chi connectivity index (χ0v) is 15.8. The van der Waals surface area contributed by atoms with E-state index in [1.54, 1.807) is 24.3 Å². The van der Waals surface area contributed by atoms with Gasteiger partial charge in [-0.2, -0.15) is 0 Å². The van der Waals surface area contributed by atoms with E-state index < -0.39 is 16.0 Å². The van der Waals surface area contributed by atoms with Crippen molar-refractivity contribution in [2.24, 2.45) is 0 Å². The number of rotatable bonds is 9. The molecular weight excluding hydrogens is 378 g/mol. The summed E-state index contributed by atoms with van der Waals surface area (Å²) in [6.07, 6.45) is 0.0685. The van der Waals surface area contributed by atoms with E-state index in [2.05, 4.69) is 0 Å². The summed E-state index contributed by atoms with van der Waals surface area (Å²) in [5.41, 5.74) is 0.439. The number of sulfonamides is 1. The first-order valence-electron chi connectivity index (χ1n) is 8.07. The van der Waals surface area contributed by atoms with Gasteiger partial charge in [-0.15, -0.1) is 0 Å². The summed E-state index contributed by atoms with van der Waals surface area (Å²) in [4.78, 5) is 10.9. The number of benzene rings is 2. The molecule has 0 bridgehead atoms. The number of aliphatic carboxylic acids is 1. The van der Waals surface area contributed by atoms with E-state index in [9.17, 15) is 13.2 Å². The van der Waals surface area contributed by atoms with Gasteiger partial charge < -0.3 is 9.84 Å². The van der Waals surface area contributed by atoms with E-state index in [0.29, 0.717) is 23.1 Å². The van der Waals surface area contributed by atoms with Crippen molar-refractivity contribution in [3.05, 3.63) is 53.6 Å². The fourth-order valence-electron chi connectivity index (χ4n) is 2.37. The predicted molar refractivity (Wildman–Crippen MR) is 100 cm³/mol. The molecule has 0 saturated carbocycles. The highest BCUT2D eigenvalue weighted by atomic mass is 35.5. The van der Waals surface area contributed by atoms with E-state index in [1.165, 1.54) is 28.6 Å². The minimum atomic E-state index is -3.85. The Hall–Kier alpha value is -2.25. The highest BCUT2D eigenvalue weighted by Gasteiger charge is 2.25. The van der Waals surface area contributed by atoms with Crippen molar-refractivity contribution in [2.45, 2.75) is 24.7 Å². The number of halogens is 1. The van der Waals surface area contributed by atoms with Gasteiger partial charge in [0.25, 0.3) is 10.0 Å². The molecule has 26 heavy (non-hydrogen) atoms. The summed E-state index contributed by atoms with van der Waals surface area (Å²) in [7, 11) is -3.85. The number of ether oxygens (including phenoxy) is 1. The largest absolute Gasteiger partial charge is 0.494 e. The van der Waals surface area contributed by atoms with Crippen LogP contribution >= 0.6 is 11.6 Å². The number of hydrogen-bond donors (Lipinski definition) is 1. The van der Waals surface area contributed by atoms with Gasteiger partial charge in [-0.3, -0.25) is 9.10 Å². The maximum atomic E-state index is 13.0. The average molecular weight is 398 g/mol. The molecule has 1 N–H and O–H groups in total. The summed E-state index contributed by atoms with van der Waals surface area (Å²) in [6.45, 7) is 2.41. The number of carbonyl (C=O) groups is 1. The molecule has 0 aliphatic heterocycles. The topological polar surface area (TPSA) is 83.9 Å². The van der Waals surface area contributed by atoms with Crippen LogP contribution < -0.4 is 9.04 Å². The van der Waals surface area contributed by atoms with Crippen LogP contribution in [-0.2, 0) is 14.8 Å². The molecule has 0 saturated heterocycles. The molecule has 8 heteroatoms. The van der Waals surface area contributed by atoms with Crippen LogP contribution in [0, 0.1) is 0 Å². The van der Waals surface area contributed by atoms with E-state index in [4.69, 9.17) is 21.4 Å². The monoisotopic (exact) mass is 397 g/mol. The molecule has 2 rings (SSSR count). The Morgan fingerprint density at radius 2 is 1.73 bits per heavy atom. The van der Waals surface area contributed by atoms with Crippen LogP contribution in [0.4, 0.5) is 5.69 Å². The van der Waals surface area contributed by atoms with Crippen LogP contribution in [-0.4, -0.2) is 32.6 Å². The highest BCUT2D eigenvalue weighted by Crippen LogP contribution is 2.27. The molecule has 0 radical (unpaired) electrons. The quantitative estimate of drug-likeness (QED) is 0.695. The summed E-state index contributed by atoms with van der Waals surface area (Å²) in [5.74, 6) is -0.342. The summed E-state index contributed by atoms with van der Waals surface area (Å²) in [6, 6.07) is 12.5. The molecule has 0 aliphatic carbocycles. The Labute approximate surface area is 158 Å². The van der Waals surface area contributed by atoms with Crippen LogP contribution in [0.3, 0.4) is 0 Å². The van der Waals surface area contributed by atoms with Gasteiger partial charge in [0.1, 0.15) is 5.75 Å². The predicted octanol–water partition coefficient (Wildman–Crippen LogP) is 3.80. The second-order valence-electron chi connectivity index (χ2n) is 5.46. The molecular formula is C18H20ClNO5S. The fraction of sp³-hybridized carbons (Fsp3) is 0.278. The van der Waals surface area contributed by atoms with Crippen LogP contribution in [0.25, 0.3) is 0 Å². The van der Waals surface area contributed by atoms with Gasteiger partial charge in [-0.05, 0) is 61.9 Å². The summed E-state index contributed by atoms with van der Waals surface area (Å²) < 4.78 is 32.6. The SMILES string of the molecule is CCOc1ccc(N(CCCC(=O)O)S(=O)(=O)c2ccc(Cl)cc2)cc1. The molecule has 140 valence electrons. The zero-order valence-electron chi connectivity index (χ0n) is 14.3. The number of carboxylic acid groups (broad SMARTS) is 1.